The molecule has 0 aliphatic carbocycles. The Hall–Kier alpha value is -0.860. The van der Waals surface area contributed by atoms with Crippen LogP contribution in [0.2, 0.25) is 0 Å². The summed E-state index contributed by atoms with van der Waals surface area (Å²) in [7, 11) is 0. The molecule has 1 heterocycles. The van der Waals surface area contributed by atoms with Crippen molar-refractivity contribution >= 4 is 0 Å². The van der Waals surface area contributed by atoms with Gasteiger partial charge in [0.25, 0.3) is 0 Å². The van der Waals surface area contributed by atoms with E-state index in [0.717, 1.165) is 25.9 Å². The first kappa shape index (κ1) is 11.6. The Morgan fingerprint density at radius 2 is 2.06 bits per heavy atom. The fourth-order valence-corrected chi connectivity index (χ4v) is 2.27. The van der Waals surface area contributed by atoms with Crippen LogP contribution in [0, 0.1) is 0 Å². The quantitative estimate of drug-likeness (QED) is 0.848. The number of hydrogen-bond acceptors (Lipinski definition) is 2. The van der Waals surface area contributed by atoms with Crippen LogP contribution >= 0.6 is 0 Å². The Morgan fingerprint density at radius 1 is 1.31 bits per heavy atom. The molecule has 1 aromatic carbocycles. The standard InChI is InChI=1S/C14H20O2/c1-14(9-5-6-10-16-14)13(15)11-12-7-3-2-4-8-12/h2-4,7-8,13,15H,5-6,9-11H2,1H3. The third-order valence-corrected chi connectivity index (χ3v) is 3.48. The van der Waals surface area contributed by atoms with E-state index in [1.54, 1.807) is 0 Å². The SMILES string of the molecule is CC1(C(O)Cc2ccccc2)CCCCO1. The normalized spacial score (nSPS) is 27.6. The smallest absolute Gasteiger partial charge is 0.0915 e. The second-order valence-electron chi connectivity index (χ2n) is 4.82. The summed E-state index contributed by atoms with van der Waals surface area (Å²) in [6.45, 7) is 2.81. The molecule has 88 valence electrons. The highest BCUT2D eigenvalue weighted by molar-refractivity contribution is 5.16. The molecule has 1 aromatic rings. The van der Waals surface area contributed by atoms with Crippen LogP contribution in [0.15, 0.2) is 30.3 Å². The van der Waals surface area contributed by atoms with E-state index in [1.807, 2.05) is 25.1 Å². The molecule has 0 aromatic heterocycles. The third kappa shape index (κ3) is 2.63. The molecule has 16 heavy (non-hydrogen) atoms. The number of aliphatic hydroxyl groups is 1. The zero-order chi connectivity index (χ0) is 11.4. The van der Waals surface area contributed by atoms with Crippen LogP contribution in [-0.4, -0.2) is 23.4 Å². The predicted octanol–water partition coefficient (Wildman–Crippen LogP) is 2.55. The third-order valence-electron chi connectivity index (χ3n) is 3.48. The zero-order valence-electron chi connectivity index (χ0n) is 9.86. The lowest BCUT2D eigenvalue weighted by Crippen LogP contribution is -2.45. The zero-order valence-corrected chi connectivity index (χ0v) is 9.86. The maximum atomic E-state index is 10.3. The van der Waals surface area contributed by atoms with Gasteiger partial charge in [0, 0.05) is 13.0 Å². The van der Waals surface area contributed by atoms with Gasteiger partial charge in [-0.2, -0.15) is 0 Å². The van der Waals surface area contributed by atoms with E-state index in [-0.39, 0.29) is 5.60 Å². The molecule has 1 aliphatic heterocycles. The topological polar surface area (TPSA) is 29.5 Å². The van der Waals surface area contributed by atoms with Crippen LogP contribution in [0.4, 0.5) is 0 Å². The van der Waals surface area contributed by atoms with Crippen molar-refractivity contribution in [1.29, 1.82) is 0 Å². The minimum absolute atomic E-state index is 0.353. The van der Waals surface area contributed by atoms with Crippen molar-refractivity contribution in [3.8, 4) is 0 Å². The molecule has 2 heteroatoms. The van der Waals surface area contributed by atoms with Crippen molar-refractivity contribution in [2.24, 2.45) is 0 Å². The summed E-state index contributed by atoms with van der Waals surface area (Å²) in [5, 5.41) is 10.3. The Balaban J connectivity index is 1.99. The monoisotopic (exact) mass is 220 g/mol. The minimum atomic E-state index is -0.407. The molecule has 2 rings (SSSR count). The molecule has 2 nitrogen and oxygen atoms in total. The van der Waals surface area contributed by atoms with Gasteiger partial charge in [-0.05, 0) is 31.7 Å². The summed E-state index contributed by atoms with van der Waals surface area (Å²) in [5.74, 6) is 0. The Labute approximate surface area is 97.3 Å². The van der Waals surface area contributed by atoms with Crippen molar-refractivity contribution in [3.63, 3.8) is 0 Å². The molecule has 0 saturated carbocycles. The summed E-state index contributed by atoms with van der Waals surface area (Å²) in [5.41, 5.74) is 0.819. The van der Waals surface area contributed by atoms with Crippen LogP contribution < -0.4 is 0 Å². The number of hydrogen-bond donors (Lipinski definition) is 1. The van der Waals surface area contributed by atoms with E-state index in [2.05, 4.69) is 12.1 Å². The molecule has 1 fully saturated rings. The maximum Gasteiger partial charge on any atom is 0.0915 e. The lowest BCUT2D eigenvalue weighted by molar-refractivity contribution is -0.135. The predicted molar refractivity (Wildman–Crippen MR) is 64.4 cm³/mol. The van der Waals surface area contributed by atoms with E-state index >= 15 is 0 Å². The molecule has 0 radical (unpaired) electrons. The molecule has 1 aliphatic rings. The maximum absolute atomic E-state index is 10.3. The summed E-state index contributed by atoms with van der Waals surface area (Å²) in [6.07, 6.45) is 3.50. The first-order valence-electron chi connectivity index (χ1n) is 6.07. The number of ether oxygens (including phenoxy) is 1. The highest BCUT2D eigenvalue weighted by Gasteiger charge is 2.35. The van der Waals surface area contributed by atoms with Gasteiger partial charge in [0.05, 0.1) is 11.7 Å². The van der Waals surface area contributed by atoms with Gasteiger partial charge in [0.2, 0.25) is 0 Å². The van der Waals surface area contributed by atoms with E-state index in [0.29, 0.717) is 6.42 Å². The van der Waals surface area contributed by atoms with Gasteiger partial charge in [0.1, 0.15) is 0 Å². The summed E-state index contributed by atoms with van der Waals surface area (Å²) >= 11 is 0. The van der Waals surface area contributed by atoms with E-state index in [9.17, 15) is 5.11 Å². The average molecular weight is 220 g/mol. The van der Waals surface area contributed by atoms with Gasteiger partial charge in [-0.15, -0.1) is 0 Å². The van der Waals surface area contributed by atoms with Gasteiger partial charge in [-0.1, -0.05) is 30.3 Å². The summed E-state index contributed by atoms with van der Waals surface area (Å²) < 4.78 is 5.75. The Kier molecular flexibility index (Phi) is 3.62. The average Bonchev–Trinajstić information content (AvgIpc) is 2.31. The van der Waals surface area contributed by atoms with Crippen molar-refractivity contribution in [3.05, 3.63) is 35.9 Å². The van der Waals surface area contributed by atoms with Crippen LogP contribution in [0.1, 0.15) is 31.7 Å². The molecule has 1 N–H and O–H groups in total. The largest absolute Gasteiger partial charge is 0.390 e. The summed E-state index contributed by atoms with van der Waals surface area (Å²) in [4.78, 5) is 0. The number of rotatable bonds is 3. The molecule has 0 amide bonds. The molecule has 2 unspecified atom stereocenters. The highest BCUT2D eigenvalue weighted by atomic mass is 16.5. The van der Waals surface area contributed by atoms with Crippen molar-refractivity contribution in [2.75, 3.05) is 6.61 Å². The Bertz CT molecular complexity index is 315. The minimum Gasteiger partial charge on any atom is -0.390 e. The molecular weight excluding hydrogens is 200 g/mol. The summed E-state index contributed by atoms with van der Waals surface area (Å²) in [6, 6.07) is 10.1. The fourth-order valence-electron chi connectivity index (χ4n) is 2.27. The first-order chi connectivity index (χ1) is 7.71. The second-order valence-corrected chi connectivity index (χ2v) is 4.82. The van der Waals surface area contributed by atoms with Crippen LogP contribution in [-0.2, 0) is 11.2 Å². The lowest BCUT2D eigenvalue weighted by atomic mass is 9.87. The van der Waals surface area contributed by atoms with E-state index in [4.69, 9.17) is 4.74 Å². The van der Waals surface area contributed by atoms with Crippen LogP contribution in [0.5, 0.6) is 0 Å². The van der Waals surface area contributed by atoms with Crippen molar-refractivity contribution < 1.29 is 9.84 Å². The molecule has 1 saturated heterocycles. The second kappa shape index (κ2) is 4.98. The lowest BCUT2D eigenvalue weighted by Gasteiger charge is -2.38. The van der Waals surface area contributed by atoms with Gasteiger partial charge < -0.3 is 9.84 Å². The van der Waals surface area contributed by atoms with Crippen LogP contribution in [0.25, 0.3) is 0 Å². The van der Waals surface area contributed by atoms with Gasteiger partial charge in [-0.3, -0.25) is 0 Å². The van der Waals surface area contributed by atoms with Crippen LogP contribution in [0.3, 0.4) is 0 Å². The van der Waals surface area contributed by atoms with Crippen molar-refractivity contribution in [2.45, 2.75) is 44.3 Å². The molecular formula is C14H20O2. The Morgan fingerprint density at radius 3 is 2.69 bits per heavy atom. The first-order valence-corrected chi connectivity index (χ1v) is 6.07. The molecule has 0 bridgehead atoms. The molecule has 2 atom stereocenters. The van der Waals surface area contributed by atoms with Gasteiger partial charge >= 0.3 is 0 Å². The number of aliphatic hydroxyl groups excluding tert-OH is 1. The van der Waals surface area contributed by atoms with Gasteiger partial charge in [0.15, 0.2) is 0 Å². The van der Waals surface area contributed by atoms with Gasteiger partial charge in [-0.25, -0.2) is 0 Å². The fraction of sp³-hybridized carbons (Fsp3) is 0.571. The number of benzene rings is 1. The van der Waals surface area contributed by atoms with Crippen molar-refractivity contribution in [1.82, 2.24) is 0 Å². The van der Waals surface area contributed by atoms with E-state index in [1.165, 1.54) is 5.56 Å². The molecule has 0 spiro atoms. The highest BCUT2D eigenvalue weighted by Crippen LogP contribution is 2.29. The van der Waals surface area contributed by atoms with E-state index < -0.39 is 6.10 Å².